The van der Waals surface area contributed by atoms with Crippen LogP contribution in [0, 0.1) is 25.2 Å². The minimum absolute atomic E-state index is 0.0287. The number of esters is 1. The minimum Gasteiger partial charge on any atom is -0.469 e. The summed E-state index contributed by atoms with van der Waals surface area (Å²) in [4.78, 5) is 33.0. The van der Waals surface area contributed by atoms with E-state index >= 15 is 0 Å². The van der Waals surface area contributed by atoms with E-state index in [0.29, 0.717) is 12.3 Å². The first-order chi connectivity index (χ1) is 18.4. The number of nitrogens with zero attached hydrogens (tertiary/aromatic N) is 2. The van der Waals surface area contributed by atoms with Crippen LogP contribution >= 0.6 is 0 Å². The molecule has 2 atom stereocenters. The van der Waals surface area contributed by atoms with Gasteiger partial charge in [0.2, 0.25) is 5.91 Å². The summed E-state index contributed by atoms with van der Waals surface area (Å²) in [5, 5.41) is 3.19. The molecule has 39 heavy (non-hydrogen) atoms. The molecular formula is C33H49N3O3. The molecule has 1 aliphatic heterocycles. The maximum absolute atomic E-state index is 13.9. The zero-order valence-electron chi connectivity index (χ0n) is 25.6. The van der Waals surface area contributed by atoms with Crippen molar-refractivity contribution in [3.05, 3.63) is 65.6 Å². The summed E-state index contributed by atoms with van der Waals surface area (Å²) in [6, 6.07) is 7.30. The molecule has 0 spiro atoms. The summed E-state index contributed by atoms with van der Waals surface area (Å²) in [7, 11) is 1.37. The SMILES string of the molecule is C=C1CCC(C)(C)CN1C(CC(C)C)C(=O)N[C@@H](CC(=O)OC)c1cncc(-c2c(C)cccc2C)c1.CC. The number of allylic oxidation sites excluding steroid dienone is 1. The van der Waals surface area contributed by atoms with E-state index in [1.807, 2.05) is 32.2 Å². The first-order valence-electron chi connectivity index (χ1n) is 14.2. The molecule has 6 heteroatoms. The van der Waals surface area contributed by atoms with Gasteiger partial charge in [-0.05, 0) is 72.8 Å². The molecular weight excluding hydrogens is 486 g/mol. The van der Waals surface area contributed by atoms with Crippen LogP contribution in [0.3, 0.4) is 0 Å². The highest BCUT2D eigenvalue weighted by Gasteiger charge is 2.36. The van der Waals surface area contributed by atoms with Gasteiger partial charge in [0.05, 0.1) is 19.6 Å². The van der Waals surface area contributed by atoms with Crippen LogP contribution in [-0.4, -0.2) is 41.5 Å². The molecule has 2 aromatic rings. The van der Waals surface area contributed by atoms with Crippen molar-refractivity contribution in [2.45, 2.75) is 93.2 Å². The zero-order valence-corrected chi connectivity index (χ0v) is 25.6. The fourth-order valence-electron chi connectivity index (χ4n) is 5.26. The number of rotatable bonds is 9. The summed E-state index contributed by atoms with van der Waals surface area (Å²) >= 11 is 0. The van der Waals surface area contributed by atoms with E-state index in [9.17, 15) is 9.59 Å². The third-order valence-electron chi connectivity index (χ3n) is 7.31. The molecule has 1 saturated heterocycles. The van der Waals surface area contributed by atoms with Gasteiger partial charge in [-0.3, -0.25) is 14.6 Å². The summed E-state index contributed by atoms with van der Waals surface area (Å²) in [6.45, 7) is 22.0. The molecule has 0 aliphatic carbocycles. The number of hydrogen-bond donors (Lipinski definition) is 1. The molecule has 0 radical (unpaired) electrons. The number of nitrogens with one attached hydrogen (secondary N) is 1. The Morgan fingerprint density at radius 2 is 1.79 bits per heavy atom. The number of benzene rings is 1. The Hall–Kier alpha value is -3.15. The van der Waals surface area contributed by atoms with Gasteiger partial charge in [0.25, 0.3) is 0 Å². The molecule has 3 rings (SSSR count). The maximum Gasteiger partial charge on any atom is 0.307 e. The van der Waals surface area contributed by atoms with Crippen molar-refractivity contribution in [2.75, 3.05) is 13.7 Å². The lowest BCUT2D eigenvalue weighted by atomic mass is 9.81. The predicted octanol–water partition coefficient (Wildman–Crippen LogP) is 7.16. The Labute approximate surface area is 236 Å². The number of hydrogen-bond acceptors (Lipinski definition) is 5. The van der Waals surface area contributed by atoms with Gasteiger partial charge < -0.3 is 15.0 Å². The Bertz CT molecular complexity index is 1120. The first-order valence-corrected chi connectivity index (χ1v) is 14.2. The average Bonchev–Trinajstić information content (AvgIpc) is 2.89. The number of likely N-dealkylation sites (tertiary alicyclic amines) is 1. The Morgan fingerprint density at radius 3 is 2.38 bits per heavy atom. The van der Waals surface area contributed by atoms with Crippen molar-refractivity contribution in [3.8, 4) is 11.1 Å². The van der Waals surface area contributed by atoms with Crippen LogP contribution in [0.5, 0.6) is 0 Å². The lowest BCUT2D eigenvalue weighted by Gasteiger charge is -2.45. The van der Waals surface area contributed by atoms with Gasteiger partial charge in [0.1, 0.15) is 6.04 Å². The number of amides is 1. The van der Waals surface area contributed by atoms with Gasteiger partial charge in [0, 0.05) is 30.2 Å². The van der Waals surface area contributed by atoms with Crippen molar-refractivity contribution in [1.82, 2.24) is 15.2 Å². The predicted molar refractivity (Wildman–Crippen MR) is 160 cm³/mol. The monoisotopic (exact) mass is 535 g/mol. The van der Waals surface area contributed by atoms with Gasteiger partial charge in [-0.2, -0.15) is 0 Å². The lowest BCUT2D eigenvalue weighted by molar-refractivity contribution is -0.141. The van der Waals surface area contributed by atoms with Crippen molar-refractivity contribution < 1.29 is 14.3 Å². The second kappa shape index (κ2) is 14.3. The molecule has 214 valence electrons. The molecule has 1 unspecified atom stereocenters. The zero-order chi connectivity index (χ0) is 29.3. The summed E-state index contributed by atoms with van der Waals surface area (Å²) < 4.78 is 4.99. The van der Waals surface area contributed by atoms with Gasteiger partial charge in [-0.25, -0.2) is 0 Å². The highest BCUT2D eigenvalue weighted by molar-refractivity contribution is 5.83. The molecule has 1 fully saturated rings. The van der Waals surface area contributed by atoms with Gasteiger partial charge >= 0.3 is 5.97 Å². The van der Waals surface area contributed by atoms with E-state index in [4.69, 9.17) is 4.74 Å². The fraction of sp³-hybridized carbons (Fsp3) is 0.545. The number of ether oxygens (including phenoxy) is 1. The molecule has 1 aromatic heterocycles. The number of carbonyl (C=O) groups is 2. The standard InChI is InChI=1S/C31H43N3O3.C2H6/c1-20(2)14-27(34-19-31(6,7)13-12-23(34)5)30(36)33-26(16-28(35)37-8)24-15-25(18-32-17-24)29-21(3)10-9-11-22(29)4;1-2/h9-11,15,17-18,20,26-27H,5,12-14,16,19H2,1-4,6-8H3,(H,33,36);1-2H3/t26-,27?;/m0./s1. The quantitative estimate of drug-likeness (QED) is 0.345. The van der Waals surface area contributed by atoms with E-state index in [0.717, 1.165) is 52.9 Å². The van der Waals surface area contributed by atoms with Crippen LogP contribution in [0.1, 0.15) is 90.0 Å². The van der Waals surface area contributed by atoms with Crippen LogP contribution in [0.25, 0.3) is 11.1 Å². The molecule has 6 nitrogen and oxygen atoms in total. The van der Waals surface area contributed by atoms with Crippen LogP contribution in [0.15, 0.2) is 48.9 Å². The highest BCUT2D eigenvalue weighted by atomic mass is 16.5. The number of carbonyl (C=O) groups excluding carboxylic acids is 2. The Balaban J connectivity index is 0.00000260. The van der Waals surface area contributed by atoms with Gasteiger partial charge in [-0.15, -0.1) is 0 Å². The van der Waals surface area contributed by atoms with Gasteiger partial charge in [0.15, 0.2) is 0 Å². The van der Waals surface area contributed by atoms with E-state index in [1.54, 1.807) is 6.20 Å². The van der Waals surface area contributed by atoms with Crippen molar-refractivity contribution in [3.63, 3.8) is 0 Å². The number of aromatic nitrogens is 1. The van der Waals surface area contributed by atoms with Gasteiger partial charge in [-0.1, -0.05) is 66.3 Å². The second-order valence-corrected chi connectivity index (χ2v) is 11.6. The largest absolute Gasteiger partial charge is 0.469 e. The number of aryl methyl sites for hydroxylation is 2. The Kier molecular flexibility index (Phi) is 11.8. The molecule has 1 aromatic carbocycles. The van der Waals surface area contributed by atoms with E-state index in [-0.39, 0.29) is 29.8 Å². The number of piperidine rings is 1. The molecule has 0 saturated carbocycles. The van der Waals surface area contributed by atoms with E-state index < -0.39 is 6.04 Å². The van der Waals surface area contributed by atoms with Crippen molar-refractivity contribution in [1.29, 1.82) is 0 Å². The molecule has 1 aliphatic rings. The van der Waals surface area contributed by atoms with E-state index in [2.05, 4.69) is 75.5 Å². The second-order valence-electron chi connectivity index (χ2n) is 11.6. The summed E-state index contributed by atoms with van der Waals surface area (Å²) in [5.41, 5.74) is 6.26. The average molecular weight is 536 g/mol. The van der Waals surface area contributed by atoms with Crippen LogP contribution < -0.4 is 5.32 Å². The fourth-order valence-corrected chi connectivity index (χ4v) is 5.26. The molecule has 1 N–H and O–H groups in total. The van der Waals surface area contributed by atoms with Crippen molar-refractivity contribution in [2.24, 2.45) is 11.3 Å². The molecule has 1 amide bonds. The third kappa shape index (κ3) is 8.67. The van der Waals surface area contributed by atoms with Crippen molar-refractivity contribution >= 4 is 11.9 Å². The normalized spacial score (nSPS) is 16.2. The summed E-state index contributed by atoms with van der Waals surface area (Å²) in [5.74, 6) is -0.160. The lowest BCUT2D eigenvalue weighted by Crippen LogP contribution is -2.52. The minimum atomic E-state index is -0.558. The van der Waals surface area contributed by atoms with Crippen LogP contribution in [0.4, 0.5) is 0 Å². The van der Waals surface area contributed by atoms with E-state index in [1.165, 1.54) is 7.11 Å². The molecule has 2 heterocycles. The number of methoxy groups -OCH3 is 1. The Morgan fingerprint density at radius 1 is 1.15 bits per heavy atom. The summed E-state index contributed by atoms with van der Waals surface area (Å²) in [6.07, 6.45) is 6.22. The molecule has 0 bridgehead atoms. The van der Waals surface area contributed by atoms with Crippen LogP contribution in [-0.2, 0) is 14.3 Å². The maximum atomic E-state index is 13.9. The third-order valence-corrected chi connectivity index (χ3v) is 7.31. The highest BCUT2D eigenvalue weighted by Crippen LogP contribution is 2.36. The van der Waals surface area contributed by atoms with Crippen LogP contribution in [0.2, 0.25) is 0 Å². The number of pyridine rings is 1. The smallest absolute Gasteiger partial charge is 0.307 e. The first kappa shape index (κ1) is 32.1. The topological polar surface area (TPSA) is 71.5 Å².